The molecular formula is C12H27N. The third-order valence-corrected chi connectivity index (χ3v) is 3.01. The Labute approximate surface area is 84.3 Å². The summed E-state index contributed by atoms with van der Waals surface area (Å²) in [5.41, 5.74) is 0.407. The second-order valence-electron chi connectivity index (χ2n) is 4.59. The van der Waals surface area contributed by atoms with Crippen molar-refractivity contribution >= 4 is 0 Å². The van der Waals surface area contributed by atoms with Gasteiger partial charge in [0.2, 0.25) is 0 Å². The largest absolute Gasteiger partial charge is 0.314 e. The standard InChI is InChI=1S/C12H27N/c1-6-8-9-12(7-2,13-5)10-11(3)4/h11,13H,6-10H2,1-5H3. The van der Waals surface area contributed by atoms with Crippen molar-refractivity contribution in [2.24, 2.45) is 5.92 Å². The van der Waals surface area contributed by atoms with Gasteiger partial charge in [-0.2, -0.15) is 0 Å². The molecule has 0 aromatic heterocycles. The Kier molecular flexibility index (Phi) is 6.40. The summed E-state index contributed by atoms with van der Waals surface area (Å²) in [7, 11) is 2.11. The van der Waals surface area contributed by atoms with Crippen LogP contribution in [0.2, 0.25) is 0 Å². The van der Waals surface area contributed by atoms with Gasteiger partial charge in [0.05, 0.1) is 0 Å². The minimum atomic E-state index is 0.407. The molecule has 0 aliphatic rings. The SMILES string of the molecule is CCCCC(CC)(CC(C)C)NC. The van der Waals surface area contributed by atoms with E-state index in [0.29, 0.717) is 5.54 Å². The molecule has 0 bridgehead atoms. The van der Waals surface area contributed by atoms with Gasteiger partial charge in [-0.15, -0.1) is 0 Å². The fourth-order valence-electron chi connectivity index (χ4n) is 2.12. The topological polar surface area (TPSA) is 12.0 Å². The average molecular weight is 185 g/mol. The number of hydrogen-bond acceptors (Lipinski definition) is 1. The van der Waals surface area contributed by atoms with Crippen LogP contribution in [0.1, 0.15) is 59.8 Å². The molecule has 0 aromatic rings. The first-order valence-electron chi connectivity index (χ1n) is 5.79. The highest BCUT2D eigenvalue weighted by Gasteiger charge is 2.25. The summed E-state index contributed by atoms with van der Waals surface area (Å²) in [6, 6.07) is 0. The lowest BCUT2D eigenvalue weighted by atomic mass is 9.82. The predicted octanol–water partition coefficient (Wildman–Crippen LogP) is 3.59. The van der Waals surface area contributed by atoms with Crippen molar-refractivity contribution in [3.63, 3.8) is 0 Å². The maximum absolute atomic E-state index is 3.53. The minimum Gasteiger partial charge on any atom is -0.314 e. The lowest BCUT2D eigenvalue weighted by Crippen LogP contribution is -2.43. The number of rotatable bonds is 7. The van der Waals surface area contributed by atoms with E-state index in [0.717, 1.165) is 5.92 Å². The van der Waals surface area contributed by atoms with Crippen molar-refractivity contribution in [3.8, 4) is 0 Å². The summed E-state index contributed by atoms with van der Waals surface area (Å²) in [4.78, 5) is 0. The van der Waals surface area contributed by atoms with E-state index in [1.165, 1.54) is 32.1 Å². The van der Waals surface area contributed by atoms with Crippen LogP contribution < -0.4 is 5.32 Å². The van der Waals surface area contributed by atoms with E-state index < -0.39 is 0 Å². The van der Waals surface area contributed by atoms with Crippen LogP contribution in [0, 0.1) is 5.92 Å². The molecule has 0 aromatic carbocycles. The molecule has 0 radical (unpaired) electrons. The third kappa shape index (κ3) is 4.66. The molecule has 0 fully saturated rings. The molecule has 0 amide bonds. The molecule has 1 unspecified atom stereocenters. The fourth-order valence-corrected chi connectivity index (χ4v) is 2.12. The summed E-state index contributed by atoms with van der Waals surface area (Å²) >= 11 is 0. The monoisotopic (exact) mass is 185 g/mol. The zero-order valence-electron chi connectivity index (χ0n) is 10.1. The van der Waals surface area contributed by atoms with Crippen LogP contribution in [0.4, 0.5) is 0 Å². The molecule has 0 heterocycles. The predicted molar refractivity (Wildman–Crippen MR) is 61.1 cm³/mol. The van der Waals surface area contributed by atoms with Gasteiger partial charge in [-0.25, -0.2) is 0 Å². The van der Waals surface area contributed by atoms with Gasteiger partial charge in [0.25, 0.3) is 0 Å². The summed E-state index contributed by atoms with van der Waals surface area (Å²) in [5, 5.41) is 3.53. The van der Waals surface area contributed by atoms with Crippen LogP contribution in [-0.4, -0.2) is 12.6 Å². The van der Waals surface area contributed by atoms with Gasteiger partial charge in [-0.3, -0.25) is 0 Å². The maximum Gasteiger partial charge on any atom is 0.0178 e. The van der Waals surface area contributed by atoms with Crippen molar-refractivity contribution in [2.45, 2.75) is 65.3 Å². The van der Waals surface area contributed by atoms with Crippen molar-refractivity contribution < 1.29 is 0 Å². The van der Waals surface area contributed by atoms with Crippen LogP contribution in [0.3, 0.4) is 0 Å². The van der Waals surface area contributed by atoms with Gasteiger partial charge in [-0.05, 0) is 32.2 Å². The van der Waals surface area contributed by atoms with Crippen LogP contribution in [-0.2, 0) is 0 Å². The fraction of sp³-hybridized carbons (Fsp3) is 1.00. The lowest BCUT2D eigenvalue weighted by Gasteiger charge is -2.34. The van der Waals surface area contributed by atoms with E-state index in [1.807, 2.05) is 0 Å². The normalized spacial score (nSPS) is 16.2. The average Bonchev–Trinajstić information content (AvgIpc) is 2.12. The Balaban J connectivity index is 4.13. The molecule has 0 aliphatic heterocycles. The Bertz CT molecular complexity index is 114. The second-order valence-corrected chi connectivity index (χ2v) is 4.59. The highest BCUT2D eigenvalue weighted by Crippen LogP contribution is 2.26. The molecule has 0 aliphatic carbocycles. The molecule has 0 rings (SSSR count). The maximum atomic E-state index is 3.53. The van der Waals surface area contributed by atoms with Crippen molar-refractivity contribution in [1.29, 1.82) is 0 Å². The van der Waals surface area contributed by atoms with Crippen molar-refractivity contribution in [2.75, 3.05) is 7.05 Å². The quantitative estimate of drug-likeness (QED) is 0.639. The highest BCUT2D eigenvalue weighted by atomic mass is 14.9. The first kappa shape index (κ1) is 13.0. The van der Waals surface area contributed by atoms with Crippen LogP contribution in [0.5, 0.6) is 0 Å². The highest BCUT2D eigenvalue weighted by molar-refractivity contribution is 4.85. The molecule has 80 valence electrons. The van der Waals surface area contributed by atoms with Crippen molar-refractivity contribution in [1.82, 2.24) is 5.32 Å². The summed E-state index contributed by atoms with van der Waals surface area (Å²) in [6.45, 7) is 9.20. The van der Waals surface area contributed by atoms with Crippen LogP contribution in [0.15, 0.2) is 0 Å². The zero-order valence-corrected chi connectivity index (χ0v) is 10.1. The molecule has 0 spiro atoms. The van der Waals surface area contributed by atoms with Crippen LogP contribution >= 0.6 is 0 Å². The van der Waals surface area contributed by atoms with E-state index in [-0.39, 0.29) is 0 Å². The number of unbranched alkanes of at least 4 members (excludes halogenated alkanes) is 1. The first-order chi connectivity index (χ1) is 6.10. The Morgan fingerprint density at radius 2 is 1.85 bits per heavy atom. The van der Waals surface area contributed by atoms with E-state index in [9.17, 15) is 0 Å². The van der Waals surface area contributed by atoms with Gasteiger partial charge in [0.15, 0.2) is 0 Å². The molecule has 1 nitrogen and oxygen atoms in total. The van der Waals surface area contributed by atoms with Gasteiger partial charge < -0.3 is 5.32 Å². The van der Waals surface area contributed by atoms with Gasteiger partial charge >= 0.3 is 0 Å². The lowest BCUT2D eigenvalue weighted by molar-refractivity contribution is 0.250. The van der Waals surface area contributed by atoms with E-state index in [1.54, 1.807) is 0 Å². The van der Waals surface area contributed by atoms with E-state index in [2.05, 4.69) is 40.1 Å². The molecule has 13 heavy (non-hydrogen) atoms. The molecular weight excluding hydrogens is 158 g/mol. The third-order valence-electron chi connectivity index (χ3n) is 3.01. The minimum absolute atomic E-state index is 0.407. The smallest absolute Gasteiger partial charge is 0.0178 e. The Morgan fingerprint density at radius 1 is 1.23 bits per heavy atom. The van der Waals surface area contributed by atoms with Gasteiger partial charge in [-0.1, -0.05) is 40.5 Å². The molecule has 0 saturated carbocycles. The Morgan fingerprint density at radius 3 is 2.15 bits per heavy atom. The number of hydrogen-bond donors (Lipinski definition) is 1. The summed E-state index contributed by atoms with van der Waals surface area (Å²) in [5.74, 6) is 0.796. The van der Waals surface area contributed by atoms with Crippen molar-refractivity contribution in [3.05, 3.63) is 0 Å². The Hall–Kier alpha value is -0.0400. The molecule has 1 N–H and O–H groups in total. The van der Waals surface area contributed by atoms with Gasteiger partial charge in [0, 0.05) is 5.54 Å². The van der Waals surface area contributed by atoms with E-state index in [4.69, 9.17) is 0 Å². The number of nitrogens with one attached hydrogen (secondary N) is 1. The summed E-state index contributed by atoms with van der Waals surface area (Å²) in [6.07, 6.45) is 6.54. The molecule has 1 heteroatoms. The molecule has 1 atom stereocenters. The zero-order chi connectivity index (χ0) is 10.3. The first-order valence-corrected chi connectivity index (χ1v) is 5.79. The summed E-state index contributed by atoms with van der Waals surface area (Å²) < 4.78 is 0. The van der Waals surface area contributed by atoms with Crippen LogP contribution in [0.25, 0.3) is 0 Å². The van der Waals surface area contributed by atoms with Gasteiger partial charge in [0.1, 0.15) is 0 Å². The van der Waals surface area contributed by atoms with E-state index >= 15 is 0 Å². The molecule has 0 saturated heterocycles. The second kappa shape index (κ2) is 6.42.